The van der Waals surface area contributed by atoms with Crippen LogP contribution in [0.3, 0.4) is 0 Å². The second-order valence-corrected chi connectivity index (χ2v) is 6.16. The molecule has 0 aliphatic heterocycles. The van der Waals surface area contributed by atoms with Gasteiger partial charge in [0.1, 0.15) is 11.6 Å². The average molecular weight is 397 g/mol. The Balaban J connectivity index is 0.00000210. The van der Waals surface area contributed by atoms with Gasteiger partial charge < -0.3 is 22.5 Å². The number of rotatable bonds is 4. The van der Waals surface area contributed by atoms with E-state index >= 15 is 0 Å². The molecule has 1 N–H and O–H groups in total. The molecule has 0 spiro atoms. The second-order valence-electron chi connectivity index (χ2n) is 5.75. The number of nitrogens with one attached hydrogen (secondary N) is 1. The molecule has 0 aliphatic rings. The van der Waals surface area contributed by atoms with E-state index in [0.717, 1.165) is 33.7 Å². The first-order valence-corrected chi connectivity index (χ1v) is 8.55. The van der Waals surface area contributed by atoms with Crippen molar-refractivity contribution in [3.8, 4) is 17.1 Å². The van der Waals surface area contributed by atoms with Gasteiger partial charge in [0.2, 0.25) is 0 Å². The number of para-hydroxylation sites is 1. The molecule has 136 valence electrons. The van der Waals surface area contributed by atoms with Gasteiger partial charge in [0.05, 0.1) is 17.6 Å². The first kappa shape index (κ1) is 19.0. The minimum absolute atomic E-state index is 0. The van der Waals surface area contributed by atoms with Crippen molar-refractivity contribution in [3.05, 3.63) is 77.8 Å². The molecule has 0 aliphatic carbocycles. The van der Waals surface area contributed by atoms with Crippen LogP contribution in [-0.4, -0.2) is 17.1 Å². The van der Waals surface area contributed by atoms with Gasteiger partial charge in [-0.2, -0.15) is 0 Å². The van der Waals surface area contributed by atoms with Crippen molar-refractivity contribution in [2.45, 2.75) is 0 Å². The van der Waals surface area contributed by atoms with E-state index in [1.807, 2.05) is 72.8 Å². The van der Waals surface area contributed by atoms with Gasteiger partial charge in [-0.25, -0.2) is 9.97 Å². The van der Waals surface area contributed by atoms with E-state index in [0.29, 0.717) is 10.8 Å². The summed E-state index contributed by atoms with van der Waals surface area (Å²) in [7, 11) is 1.65. The zero-order chi connectivity index (χ0) is 17.9. The standard InChI is InChI=1S/C21H16ClN3O.ClH/c1-26-15-8-6-7-14(13-15)23-21-17-10-3-5-12-19(17)24-20(25-21)16-9-2-4-11-18(16)22;/h2-13H,1H3,(H,23,24,25);1H/p-1. The molecule has 0 unspecified atom stereocenters. The number of nitrogens with zero attached hydrogens (tertiary/aromatic N) is 2. The highest BCUT2D eigenvalue weighted by atomic mass is 35.5. The maximum atomic E-state index is 6.35. The number of fused-ring (bicyclic) bond motifs is 1. The summed E-state index contributed by atoms with van der Waals surface area (Å²) in [5.74, 6) is 2.08. The molecular weight excluding hydrogens is 381 g/mol. The molecule has 4 aromatic rings. The highest BCUT2D eigenvalue weighted by Gasteiger charge is 2.12. The Labute approximate surface area is 168 Å². The number of anilines is 2. The third-order valence-electron chi connectivity index (χ3n) is 4.05. The van der Waals surface area contributed by atoms with Gasteiger partial charge in [-0.05, 0) is 36.4 Å². The maximum Gasteiger partial charge on any atom is 0.163 e. The lowest BCUT2D eigenvalue weighted by Gasteiger charge is -2.12. The van der Waals surface area contributed by atoms with Gasteiger partial charge in [0, 0.05) is 22.7 Å². The summed E-state index contributed by atoms with van der Waals surface area (Å²) in [4.78, 5) is 9.42. The van der Waals surface area contributed by atoms with Crippen molar-refractivity contribution in [1.82, 2.24) is 9.97 Å². The molecule has 1 aromatic heterocycles. The molecule has 0 atom stereocenters. The Morgan fingerprint density at radius 2 is 1.67 bits per heavy atom. The van der Waals surface area contributed by atoms with Crippen LogP contribution in [0.4, 0.5) is 11.5 Å². The fraction of sp³-hybridized carbons (Fsp3) is 0.0476. The van der Waals surface area contributed by atoms with Gasteiger partial charge in [0.15, 0.2) is 5.82 Å². The molecule has 27 heavy (non-hydrogen) atoms. The van der Waals surface area contributed by atoms with Crippen LogP contribution >= 0.6 is 11.6 Å². The number of ether oxygens (including phenoxy) is 1. The van der Waals surface area contributed by atoms with E-state index in [4.69, 9.17) is 21.3 Å². The SMILES string of the molecule is COc1cccc(Nc2nc(-c3ccccc3Cl)nc3ccccc23)c1.[Cl-]. The summed E-state index contributed by atoms with van der Waals surface area (Å²) < 4.78 is 5.30. The van der Waals surface area contributed by atoms with Crippen molar-refractivity contribution < 1.29 is 17.1 Å². The normalized spacial score (nSPS) is 10.3. The minimum Gasteiger partial charge on any atom is -1.00 e. The minimum atomic E-state index is 0. The van der Waals surface area contributed by atoms with E-state index < -0.39 is 0 Å². The number of methoxy groups -OCH3 is 1. The van der Waals surface area contributed by atoms with Gasteiger partial charge >= 0.3 is 0 Å². The van der Waals surface area contributed by atoms with Crippen molar-refractivity contribution in [3.63, 3.8) is 0 Å². The fourth-order valence-electron chi connectivity index (χ4n) is 2.77. The van der Waals surface area contributed by atoms with Gasteiger partial charge in [-0.1, -0.05) is 41.9 Å². The Hall–Kier alpha value is -2.82. The summed E-state index contributed by atoms with van der Waals surface area (Å²) in [5, 5.41) is 4.93. The molecule has 4 nitrogen and oxygen atoms in total. The van der Waals surface area contributed by atoms with Gasteiger partial charge in [-0.3, -0.25) is 0 Å². The summed E-state index contributed by atoms with van der Waals surface area (Å²) in [5.41, 5.74) is 2.54. The molecule has 0 saturated heterocycles. The van der Waals surface area contributed by atoms with Crippen LogP contribution in [-0.2, 0) is 0 Å². The van der Waals surface area contributed by atoms with Crippen LogP contribution < -0.4 is 22.5 Å². The predicted octanol–water partition coefficient (Wildman–Crippen LogP) is 2.71. The molecular formula is C21H16Cl2N3O-. The topological polar surface area (TPSA) is 47.0 Å². The number of hydrogen-bond acceptors (Lipinski definition) is 4. The van der Waals surface area contributed by atoms with Crippen LogP contribution in [0, 0.1) is 0 Å². The van der Waals surface area contributed by atoms with Crippen LogP contribution in [0.2, 0.25) is 5.02 Å². The second kappa shape index (κ2) is 8.25. The summed E-state index contributed by atoms with van der Waals surface area (Å²) >= 11 is 6.35. The van der Waals surface area contributed by atoms with Crippen molar-refractivity contribution in [2.75, 3.05) is 12.4 Å². The lowest BCUT2D eigenvalue weighted by Crippen LogP contribution is -3.00. The van der Waals surface area contributed by atoms with Crippen LogP contribution in [0.15, 0.2) is 72.8 Å². The Morgan fingerprint density at radius 1 is 0.889 bits per heavy atom. The maximum absolute atomic E-state index is 6.35. The molecule has 6 heteroatoms. The first-order valence-electron chi connectivity index (χ1n) is 8.17. The Kier molecular flexibility index (Phi) is 5.79. The zero-order valence-electron chi connectivity index (χ0n) is 14.5. The van der Waals surface area contributed by atoms with Crippen molar-refractivity contribution >= 4 is 34.0 Å². The van der Waals surface area contributed by atoms with Crippen molar-refractivity contribution in [2.24, 2.45) is 0 Å². The summed E-state index contributed by atoms with van der Waals surface area (Å²) in [6, 6.07) is 23.2. The number of halogens is 2. The van der Waals surface area contributed by atoms with Crippen LogP contribution in [0.25, 0.3) is 22.3 Å². The van der Waals surface area contributed by atoms with E-state index in [1.165, 1.54) is 0 Å². The molecule has 0 fully saturated rings. The number of aromatic nitrogens is 2. The third-order valence-corrected chi connectivity index (χ3v) is 4.38. The van der Waals surface area contributed by atoms with Gasteiger partial charge in [0.25, 0.3) is 0 Å². The molecule has 0 saturated carbocycles. The van der Waals surface area contributed by atoms with Gasteiger partial charge in [-0.15, -0.1) is 0 Å². The Morgan fingerprint density at radius 3 is 2.48 bits per heavy atom. The quantitative estimate of drug-likeness (QED) is 0.575. The summed E-state index contributed by atoms with van der Waals surface area (Å²) in [6.07, 6.45) is 0. The number of hydrogen-bond donors (Lipinski definition) is 1. The largest absolute Gasteiger partial charge is 1.00 e. The van der Waals surface area contributed by atoms with Crippen LogP contribution in [0.5, 0.6) is 5.75 Å². The fourth-order valence-corrected chi connectivity index (χ4v) is 2.99. The zero-order valence-corrected chi connectivity index (χ0v) is 16.0. The molecule has 4 rings (SSSR count). The summed E-state index contributed by atoms with van der Waals surface area (Å²) in [6.45, 7) is 0. The van der Waals surface area contributed by atoms with E-state index in [9.17, 15) is 0 Å². The predicted molar refractivity (Wildman–Crippen MR) is 106 cm³/mol. The third kappa shape index (κ3) is 3.97. The van der Waals surface area contributed by atoms with Crippen LogP contribution in [0.1, 0.15) is 0 Å². The van der Waals surface area contributed by atoms with E-state index in [-0.39, 0.29) is 12.4 Å². The molecule has 0 bridgehead atoms. The smallest absolute Gasteiger partial charge is 0.163 e. The monoisotopic (exact) mass is 396 g/mol. The highest BCUT2D eigenvalue weighted by molar-refractivity contribution is 6.33. The lowest BCUT2D eigenvalue weighted by molar-refractivity contribution is -0.00000546. The molecule has 0 amide bonds. The number of benzene rings is 3. The van der Waals surface area contributed by atoms with E-state index in [1.54, 1.807) is 7.11 Å². The van der Waals surface area contributed by atoms with Crippen molar-refractivity contribution in [1.29, 1.82) is 0 Å². The molecule has 1 heterocycles. The Bertz CT molecular complexity index is 1090. The highest BCUT2D eigenvalue weighted by Crippen LogP contribution is 2.31. The average Bonchev–Trinajstić information content (AvgIpc) is 2.68. The molecule has 0 radical (unpaired) electrons. The lowest BCUT2D eigenvalue weighted by atomic mass is 10.1. The first-order chi connectivity index (χ1) is 12.7. The van der Waals surface area contributed by atoms with E-state index in [2.05, 4.69) is 10.3 Å². The molecule has 3 aromatic carbocycles.